The van der Waals surface area contributed by atoms with E-state index in [0.29, 0.717) is 43.4 Å². The first-order valence-electron chi connectivity index (χ1n) is 12.0. The van der Waals surface area contributed by atoms with E-state index in [2.05, 4.69) is 10.9 Å². The zero-order valence-electron chi connectivity index (χ0n) is 21.4. The van der Waals surface area contributed by atoms with Gasteiger partial charge in [0.2, 0.25) is 5.90 Å². The second-order valence-electron chi connectivity index (χ2n) is 9.36. The number of aliphatic imine (C=N–C) groups is 1. The van der Waals surface area contributed by atoms with Crippen LogP contribution in [0.15, 0.2) is 29.3 Å². The number of rotatable bonds is 14. The molecule has 1 aliphatic rings. The third-order valence-corrected chi connectivity index (χ3v) is 5.31. The number of benzene rings is 1. The van der Waals surface area contributed by atoms with E-state index in [-0.39, 0.29) is 25.4 Å². The number of hydrogen-bond acceptors (Lipinski definition) is 9. The maximum absolute atomic E-state index is 13.3. The monoisotopic (exact) mass is 493 g/mol. The molecule has 10 heteroatoms. The lowest BCUT2D eigenvalue weighted by atomic mass is 9.88. The molecule has 1 aromatic rings. The summed E-state index contributed by atoms with van der Waals surface area (Å²) in [4.78, 5) is 30.4. The van der Waals surface area contributed by atoms with Gasteiger partial charge in [0.25, 0.3) is 5.91 Å². The highest BCUT2D eigenvalue weighted by molar-refractivity contribution is 6.00. The van der Waals surface area contributed by atoms with Gasteiger partial charge in [0.15, 0.2) is 5.54 Å². The molecular weight excluding hydrogens is 454 g/mol. The van der Waals surface area contributed by atoms with Crippen molar-refractivity contribution in [3.8, 4) is 5.75 Å². The van der Waals surface area contributed by atoms with Gasteiger partial charge in [-0.05, 0) is 64.8 Å². The van der Waals surface area contributed by atoms with Gasteiger partial charge >= 0.3 is 5.97 Å². The smallest absolute Gasteiger partial charge is 0.306 e. The molecule has 0 saturated heterocycles. The predicted molar refractivity (Wildman–Crippen MR) is 131 cm³/mol. The van der Waals surface area contributed by atoms with E-state index in [1.807, 2.05) is 0 Å². The van der Waals surface area contributed by atoms with E-state index in [1.165, 1.54) is 0 Å². The zero-order chi connectivity index (χ0) is 25.9. The van der Waals surface area contributed by atoms with Crippen LogP contribution in [0.5, 0.6) is 5.75 Å². The number of hydrogen-bond donors (Lipinski definition) is 3. The molecule has 3 N–H and O–H groups in total. The van der Waals surface area contributed by atoms with Gasteiger partial charge in [-0.3, -0.25) is 15.0 Å². The average molecular weight is 494 g/mol. The highest BCUT2D eigenvalue weighted by Crippen LogP contribution is 2.33. The Morgan fingerprint density at radius 2 is 1.89 bits per heavy atom. The van der Waals surface area contributed by atoms with Crippen LogP contribution in [-0.2, 0) is 23.8 Å². The minimum atomic E-state index is -1.31. The summed E-state index contributed by atoms with van der Waals surface area (Å²) in [7, 11) is 1.62. The molecule has 0 aliphatic carbocycles. The van der Waals surface area contributed by atoms with E-state index in [0.717, 1.165) is 6.42 Å². The number of esters is 1. The maximum atomic E-state index is 13.3. The number of hydrazine groups is 1. The van der Waals surface area contributed by atoms with E-state index in [4.69, 9.17) is 29.0 Å². The van der Waals surface area contributed by atoms with E-state index in [1.54, 1.807) is 59.1 Å². The summed E-state index contributed by atoms with van der Waals surface area (Å²) in [6.07, 6.45) is 0.789. The molecule has 1 aromatic carbocycles. The van der Waals surface area contributed by atoms with Crippen LogP contribution in [-0.4, -0.2) is 73.6 Å². The van der Waals surface area contributed by atoms with Crippen molar-refractivity contribution in [2.75, 3.05) is 33.5 Å². The first-order chi connectivity index (χ1) is 16.6. The normalized spacial score (nSPS) is 19.6. The molecule has 0 bridgehead atoms. The Kier molecular flexibility index (Phi) is 10.9. The number of aliphatic hydroxyl groups excluding tert-OH is 1. The summed E-state index contributed by atoms with van der Waals surface area (Å²) in [5.74, 6) is 0.184. The number of carbonyl (C=O) groups is 2. The maximum Gasteiger partial charge on any atom is 0.306 e. The van der Waals surface area contributed by atoms with E-state index >= 15 is 0 Å². The minimum Gasteiger partial charge on any atom is -0.494 e. The van der Waals surface area contributed by atoms with E-state index < -0.39 is 23.2 Å². The van der Waals surface area contributed by atoms with Crippen LogP contribution in [0, 0.1) is 0 Å². The Hall–Kier alpha value is -2.69. The number of nitrogens with zero attached hydrogens (tertiary/aromatic N) is 1. The summed E-state index contributed by atoms with van der Waals surface area (Å²) in [5, 5.41) is 8.89. The summed E-state index contributed by atoms with van der Waals surface area (Å²) >= 11 is 0. The van der Waals surface area contributed by atoms with Crippen LogP contribution in [0.2, 0.25) is 0 Å². The van der Waals surface area contributed by atoms with Crippen LogP contribution in [0.3, 0.4) is 0 Å². The van der Waals surface area contributed by atoms with Crippen molar-refractivity contribution in [3.05, 3.63) is 29.8 Å². The van der Waals surface area contributed by atoms with Crippen molar-refractivity contribution < 1.29 is 33.6 Å². The van der Waals surface area contributed by atoms with Crippen LogP contribution in [0.25, 0.3) is 0 Å². The lowest BCUT2D eigenvalue weighted by Gasteiger charge is -2.28. The SMILES string of the molecule is COCCCNNC(=O)[C@@]1(CCC(=O)OC(C)(C)C)N=C(c2ccc(OCCCO)cc2)O[C@H]1C. The second-order valence-corrected chi connectivity index (χ2v) is 9.36. The van der Waals surface area contributed by atoms with Crippen molar-refractivity contribution in [3.63, 3.8) is 0 Å². The molecule has 35 heavy (non-hydrogen) atoms. The average Bonchev–Trinajstić information content (AvgIpc) is 3.14. The Morgan fingerprint density at radius 1 is 1.17 bits per heavy atom. The molecule has 0 aromatic heterocycles. The van der Waals surface area contributed by atoms with Gasteiger partial charge in [-0.1, -0.05) is 0 Å². The Labute approximate surface area is 207 Å². The molecule has 0 fully saturated rings. The van der Waals surface area contributed by atoms with E-state index in [9.17, 15) is 9.59 Å². The standard InChI is InChI=1S/C25H39N3O7/c1-18-25(13-12-21(30)35-24(2,3)4,23(31)28-26-14-6-16-32-5)27-22(34-18)19-8-10-20(11-9-19)33-17-7-15-29/h8-11,18,26,29H,6-7,12-17H2,1-5H3,(H,28,31)/t18-,25-/m0/s1. The molecule has 0 unspecified atom stereocenters. The highest BCUT2D eigenvalue weighted by atomic mass is 16.6. The van der Waals surface area contributed by atoms with Gasteiger partial charge in [0.05, 0.1) is 6.61 Å². The molecule has 196 valence electrons. The Bertz CT molecular complexity index is 852. The van der Waals surface area contributed by atoms with Gasteiger partial charge < -0.3 is 24.1 Å². The van der Waals surface area contributed by atoms with Gasteiger partial charge in [0, 0.05) is 45.3 Å². The van der Waals surface area contributed by atoms with Crippen molar-refractivity contribution in [2.24, 2.45) is 4.99 Å². The minimum absolute atomic E-state index is 0.0104. The molecule has 0 spiro atoms. The summed E-state index contributed by atoms with van der Waals surface area (Å²) < 4.78 is 22.0. The molecule has 0 saturated carbocycles. The number of amides is 1. The predicted octanol–water partition coefficient (Wildman–Crippen LogP) is 2.13. The number of carbonyl (C=O) groups excluding carboxylic acids is 2. The fourth-order valence-electron chi connectivity index (χ4n) is 3.49. The third-order valence-electron chi connectivity index (χ3n) is 5.31. The van der Waals surface area contributed by atoms with Crippen molar-refractivity contribution in [1.82, 2.24) is 10.9 Å². The van der Waals surface area contributed by atoms with Crippen LogP contribution in [0.4, 0.5) is 0 Å². The lowest BCUT2D eigenvalue weighted by molar-refractivity contribution is -0.155. The molecule has 1 heterocycles. The van der Waals surface area contributed by atoms with Gasteiger partial charge in [-0.25, -0.2) is 10.4 Å². The quantitative estimate of drug-likeness (QED) is 0.204. The fraction of sp³-hybridized carbons (Fsp3) is 0.640. The zero-order valence-corrected chi connectivity index (χ0v) is 21.4. The van der Waals surface area contributed by atoms with Gasteiger partial charge in [-0.2, -0.15) is 0 Å². The highest BCUT2D eigenvalue weighted by Gasteiger charge is 2.50. The fourth-order valence-corrected chi connectivity index (χ4v) is 3.49. The number of ether oxygens (including phenoxy) is 4. The molecule has 2 rings (SSSR count). The largest absolute Gasteiger partial charge is 0.494 e. The molecule has 2 atom stereocenters. The molecule has 1 amide bonds. The van der Waals surface area contributed by atoms with Crippen molar-refractivity contribution >= 4 is 17.8 Å². The molecule has 0 radical (unpaired) electrons. The topological polar surface area (TPSA) is 128 Å². The van der Waals surface area contributed by atoms with Crippen LogP contribution >= 0.6 is 0 Å². The second kappa shape index (κ2) is 13.4. The third kappa shape index (κ3) is 8.79. The number of aliphatic hydroxyl groups is 1. The van der Waals surface area contributed by atoms with Gasteiger partial charge in [0.1, 0.15) is 17.5 Å². The Balaban J connectivity index is 2.19. The summed E-state index contributed by atoms with van der Waals surface area (Å²) in [6.45, 7) is 8.72. The number of methoxy groups -OCH3 is 1. The van der Waals surface area contributed by atoms with Crippen LogP contribution in [0.1, 0.15) is 58.9 Å². The lowest BCUT2D eigenvalue weighted by Crippen LogP contribution is -2.55. The van der Waals surface area contributed by atoms with Gasteiger partial charge in [-0.15, -0.1) is 0 Å². The Morgan fingerprint density at radius 3 is 2.51 bits per heavy atom. The summed E-state index contributed by atoms with van der Waals surface area (Å²) in [5.41, 5.74) is 4.37. The van der Waals surface area contributed by atoms with Crippen molar-refractivity contribution in [2.45, 2.75) is 70.6 Å². The molecule has 10 nitrogen and oxygen atoms in total. The first kappa shape index (κ1) is 28.5. The molecular formula is C25H39N3O7. The first-order valence-corrected chi connectivity index (χ1v) is 12.0. The molecule has 1 aliphatic heterocycles. The number of nitrogens with one attached hydrogen (secondary N) is 2. The van der Waals surface area contributed by atoms with Crippen LogP contribution < -0.4 is 15.6 Å². The summed E-state index contributed by atoms with van der Waals surface area (Å²) in [6, 6.07) is 7.15. The van der Waals surface area contributed by atoms with Crippen molar-refractivity contribution in [1.29, 1.82) is 0 Å².